The SMILES string of the molecule is CC(C)CN(c1cnccc1/C(N)=N/O)C1CCCC1. The maximum atomic E-state index is 8.97. The lowest BCUT2D eigenvalue weighted by Crippen LogP contribution is -2.38. The van der Waals surface area contributed by atoms with E-state index < -0.39 is 0 Å². The molecule has 0 amide bonds. The third kappa shape index (κ3) is 3.21. The summed E-state index contributed by atoms with van der Waals surface area (Å²) in [5.41, 5.74) is 7.54. The lowest BCUT2D eigenvalue weighted by Gasteiger charge is -2.33. The standard InChI is InChI=1S/C15H24N4O/c1-11(2)10-19(12-5-3-4-6-12)14-9-17-8-7-13(14)15(16)18-20/h7-9,11-12,20H,3-6,10H2,1-2H3,(H2,16,18). The number of hydrogen-bond acceptors (Lipinski definition) is 4. The first-order valence-corrected chi connectivity index (χ1v) is 7.32. The van der Waals surface area contributed by atoms with Gasteiger partial charge in [-0.05, 0) is 24.8 Å². The van der Waals surface area contributed by atoms with Crippen LogP contribution in [0.3, 0.4) is 0 Å². The van der Waals surface area contributed by atoms with Crippen LogP contribution in [0.25, 0.3) is 0 Å². The Morgan fingerprint density at radius 1 is 1.50 bits per heavy atom. The van der Waals surface area contributed by atoms with E-state index in [1.165, 1.54) is 25.7 Å². The number of hydrogen-bond donors (Lipinski definition) is 2. The van der Waals surface area contributed by atoms with Gasteiger partial charge in [0.2, 0.25) is 0 Å². The van der Waals surface area contributed by atoms with Gasteiger partial charge in [-0.1, -0.05) is 31.8 Å². The molecule has 1 heterocycles. The summed E-state index contributed by atoms with van der Waals surface area (Å²) in [6.45, 7) is 5.38. The van der Waals surface area contributed by atoms with E-state index in [2.05, 4.69) is 28.9 Å². The van der Waals surface area contributed by atoms with Crippen LogP contribution in [-0.4, -0.2) is 28.6 Å². The molecule has 0 bridgehead atoms. The van der Waals surface area contributed by atoms with Gasteiger partial charge in [-0.15, -0.1) is 0 Å². The topological polar surface area (TPSA) is 74.7 Å². The number of oxime groups is 1. The summed E-state index contributed by atoms with van der Waals surface area (Å²) in [6.07, 6.45) is 8.47. The first-order valence-electron chi connectivity index (χ1n) is 7.32. The van der Waals surface area contributed by atoms with E-state index in [9.17, 15) is 0 Å². The predicted octanol–water partition coefficient (Wildman–Crippen LogP) is 2.58. The normalized spacial score (nSPS) is 16.9. The molecule has 0 spiro atoms. The Morgan fingerprint density at radius 2 is 2.20 bits per heavy atom. The molecule has 2 rings (SSSR count). The molecule has 5 heteroatoms. The Morgan fingerprint density at radius 3 is 2.80 bits per heavy atom. The predicted molar refractivity (Wildman–Crippen MR) is 81.2 cm³/mol. The quantitative estimate of drug-likeness (QED) is 0.375. The average molecular weight is 276 g/mol. The number of amidine groups is 1. The Kier molecular flexibility index (Phi) is 4.82. The Hall–Kier alpha value is -1.78. The van der Waals surface area contributed by atoms with E-state index in [0.29, 0.717) is 12.0 Å². The van der Waals surface area contributed by atoms with Crippen molar-refractivity contribution in [1.82, 2.24) is 4.98 Å². The first kappa shape index (κ1) is 14.6. The Bertz CT molecular complexity index is 467. The molecule has 0 aromatic carbocycles. The minimum atomic E-state index is 0.147. The molecule has 0 radical (unpaired) electrons. The second kappa shape index (κ2) is 6.59. The maximum absolute atomic E-state index is 8.97. The van der Waals surface area contributed by atoms with Crippen LogP contribution in [-0.2, 0) is 0 Å². The Labute approximate surface area is 120 Å². The van der Waals surface area contributed by atoms with Crippen LogP contribution in [0.1, 0.15) is 45.1 Å². The van der Waals surface area contributed by atoms with Gasteiger partial charge in [-0.3, -0.25) is 4.98 Å². The van der Waals surface area contributed by atoms with Crippen LogP contribution >= 0.6 is 0 Å². The van der Waals surface area contributed by atoms with Crippen molar-refractivity contribution in [3.8, 4) is 0 Å². The highest BCUT2D eigenvalue weighted by atomic mass is 16.4. The van der Waals surface area contributed by atoms with Crippen LogP contribution in [0.15, 0.2) is 23.6 Å². The van der Waals surface area contributed by atoms with E-state index >= 15 is 0 Å². The third-order valence-electron chi connectivity index (χ3n) is 3.82. The molecule has 0 saturated heterocycles. The van der Waals surface area contributed by atoms with Crippen molar-refractivity contribution in [2.45, 2.75) is 45.6 Å². The van der Waals surface area contributed by atoms with Gasteiger partial charge in [0.25, 0.3) is 0 Å². The highest BCUT2D eigenvalue weighted by Gasteiger charge is 2.26. The maximum Gasteiger partial charge on any atom is 0.172 e. The van der Waals surface area contributed by atoms with Crippen LogP contribution < -0.4 is 10.6 Å². The van der Waals surface area contributed by atoms with Gasteiger partial charge in [0.15, 0.2) is 5.84 Å². The molecule has 3 N–H and O–H groups in total. The van der Waals surface area contributed by atoms with Gasteiger partial charge in [0, 0.05) is 24.3 Å². The van der Waals surface area contributed by atoms with Crippen LogP contribution in [0.5, 0.6) is 0 Å². The smallest absolute Gasteiger partial charge is 0.172 e. The van der Waals surface area contributed by atoms with E-state index in [-0.39, 0.29) is 5.84 Å². The lowest BCUT2D eigenvalue weighted by molar-refractivity contribution is 0.318. The second-order valence-corrected chi connectivity index (χ2v) is 5.86. The summed E-state index contributed by atoms with van der Waals surface area (Å²) < 4.78 is 0. The van der Waals surface area contributed by atoms with Crippen molar-refractivity contribution >= 4 is 11.5 Å². The fourth-order valence-corrected chi connectivity index (χ4v) is 2.94. The second-order valence-electron chi connectivity index (χ2n) is 5.86. The van der Waals surface area contributed by atoms with Gasteiger partial charge < -0.3 is 15.8 Å². The third-order valence-corrected chi connectivity index (χ3v) is 3.82. The number of nitrogens with zero attached hydrogens (tertiary/aromatic N) is 3. The average Bonchev–Trinajstić information content (AvgIpc) is 2.97. The highest BCUT2D eigenvalue weighted by Crippen LogP contribution is 2.30. The zero-order chi connectivity index (χ0) is 14.5. The number of anilines is 1. The molecule has 1 aliphatic carbocycles. The monoisotopic (exact) mass is 276 g/mol. The minimum Gasteiger partial charge on any atom is -0.409 e. The molecule has 1 aromatic rings. The largest absolute Gasteiger partial charge is 0.409 e. The summed E-state index contributed by atoms with van der Waals surface area (Å²) in [5, 5.41) is 12.1. The highest BCUT2D eigenvalue weighted by molar-refractivity contribution is 6.02. The fourth-order valence-electron chi connectivity index (χ4n) is 2.94. The summed E-state index contributed by atoms with van der Waals surface area (Å²) in [7, 11) is 0. The van der Waals surface area contributed by atoms with E-state index in [1.807, 2.05) is 12.3 Å². The molecule has 0 atom stereocenters. The fraction of sp³-hybridized carbons (Fsp3) is 0.600. The van der Waals surface area contributed by atoms with E-state index in [1.54, 1.807) is 6.20 Å². The number of rotatable bonds is 5. The molecular formula is C15H24N4O. The molecular weight excluding hydrogens is 252 g/mol. The van der Waals surface area contributed by atoms with Crippen molar-refractivity contribution in [2.24, 2.45) is 16.8 Å². The van der Waals surface area contributed by atoms with E-state index in [0.717, 1.165) is 17.8 Å². The van der Waals surface area contributed by atoms with Crippen molar-refractivity contribution in [3.63, 3.8) is 0 Å². The zero-order valence-electron chi connectivity index (χ0n) is 12.3. The van der Waals surface area contributed by atoms with Crippen molar-refractivity contribution < 1.29 is 5.21 Å². The molecule has 110 valence electrons. The van der Waals surface area contributed by atoms with Gasteiger partial charge in [0.05, 0.1) is 11.9 Å². The van der Waals surface area contributed by atoms with Crippen molar-refractivity contribution in [1.29, 1.82) is 0 Å². The molecule has 0 aliphatic heterocycles. The van der Waals surface area contributed by atoms with Gasteiger partial charge in [-0.25, -0.2) is 0 Å². The van der Waals surface area contributed by atoms with Crippen molar-refractivity contribution in [3.05, 3.63) is 24.0 Å². The molecule has 5 nitrogen and oxygen atoms in total. The number of nitrogens with two attached hydrogens (primary N) is 1. The summed E-state index contributed by atoms with van der Waals surface area (Å²) in [4.78, 5) is 6.61. The number of pyridine rings is 1. The minimum absolute atomic E-state index is 0.147. The molecule has 20 heavy (non-hydrogen) atoms. The Balaban J connectivity index is 2.37. The zero-order valence-corrected chi connectivity index (χ0v) is 12.3. The van der Waals surface area contributed by atoms with E-state index in [4.69, 9.17) is 10.9 Å². The number of aromatic nitrogens is 1. The lowest BCUT2D eigenvalue weighted by atomic mass is 10.1. The van der Waals surface area contributed by atoms with Crippen molar-refractivity contribution in [2.75, 3.05) is 11.4 Å². The molecule has 1 aromatic heterocycles. The summed E-state index contributed by atoms with van der Waals surface area (Å²) in [5.74, 6) is 0.699. The van der Waals surface area contributed by atoms with Crippen LogP contribution in [0.2, 0.25) is 0 Å². The van der Waals surface area contributed by atoms with Gasteiger partial charge >= 0.3 is 0 Å². The summed E-state index contributed by atoms with van der Waals surface area (Å²) in [6, 6.07) is 2.35. The van der Waals surface area contributed by atoms with Gasteiger partial charge in [-0.2, -0.15) is 0 Å². The van der Waals surface area contributed by atoms with Gasteiger partial charge in [0.1, 0.15) is 0 Å². The van der Waals surface area contributed by atoms with Crippen LogP contribution in [0.4, 0.5) is 5.69 Å². The summed E-state index contributed by atoms with van der Waals surface area (Å²) >= 11 is 0. The first-order chi connectivity index (χ1) is 9.63. The molecule has 1 aliphatic rings. The molecule has 1 saturated carbocycles. The molecule has 0 unspecified atom stereocenters. The molecule has 1 fully saturated rings. The van der Waals surface area contributed by atoms with Crippen LogP contribution in [0, 0.1) is 5.92 Å².